The van der Waals surface area contributed by atoms with E-state index in [-0.39, 0.29) is 23.3 Å². The molecule has 2 amide bonds. The predicted molar refractivity (Wildman–Crippen MR) is 167 cm³/mol. The summed E-state index contributed by atoms with van der Waals surface area (Å²) in [5.41, 5.74) is 4.60. The molecule has 0 radical (unpaired) electrons. The molecule has 5 aromatic rings. The molecule has 7 heteroatoms. The van der Waals surface area contributed by atoms with Crippen LogP contribution in [0.3, 0.4) is 0 Å². The summed E-state index contributed by atoms with van der Waals surface area (Å²) < 4.78 is 0. The number of amides is 2. The van der Waals surface area contributed by atoms with Crippen molar-refractivity contribution in [1.29, 1.82) is 0 Å². The zero-order chi connectivity index (χ0) is 29.3. The second-order valence-electron chi connectivity index (χ2n) is 10.7. The highest BCUT2D eigenvalue weighted by molar-refractivity contribution is 5.99. The highest BCUT2D eigenvalue weighted by Crippen LogP contribution is 2.30. The molecular formula is C35H36N4O3. The molecule has 0 spiro atoms. The van der Waals surface area contributed by atoms with E-state index in [9.17, 15) is 14.4 Å². The average Bonchev–Trinajstić information content (AvgIpc) is 3.38. The summed E-state index contributed by atoms with van der Waals surface area (Å²) in [6.07, 6.45) is 5.61. The number of hydrogen-bond acceptors (Lipinski definition) is 4. The number of carbonyl (C=O) groups excluding carboxylic acids is 3. The summed E-state index contributed by atoms with van der Waals surface area (Å²) in [6.45, 7) is 2.01. The van der Waals surface area contributed by atoms with E-state index in [1.807, 2.05) is 54.6 Å². The first kappa shape index (κ1) is 28.7. The minimum Gasteiger partial charge on any atom is -0.354 e. The number of nitrogens with zero attached hydrogens (tertiary/aromatic N) is 1. The Balaban J connectivity index is 1.28. The fourth-order valence-corrected chi connectivity index (χ4v) is 5.35. The Labute approximate surface area is 245 Å². The third-order valence-corrected chi connectivity index (χ3v) is 7.56. The molecular weight excluding hydrogens is 524 g/mol. The van der Waals surface area contributed by atoms with Gasteiger partial charge in [0.2, 0.25) is 5.91 Å². The lowest BCUT2D eigenvalue weighted by atomic mass is 10.0. The number of pyridine rings is 1. The van der Waals surface area contributed by atoms with Crippen LogP contribution in [0.15, 0.2) is 91.1 Å². The van der Waals surface area contributed by atoms with E-state index < -0.39 is 6.04 Å². The van der Waals surface area contributed by atoms with Gasteiger partial charge in [-0.25, -0.2) is 0 Å². The first-order valence-electron chi connectivity index (χ1n) is 14.6. The molecule has 0 fully saturated rings. The Morgan fingerprint density at radius 3 is 2.40 bits per heavy atom. The van der Waals surface area contributed by atoms with Gasteiger partial charge >= 0.3 is 0 Å². The third kappa shape index (κ3) is 7.10. The second kappa shape index (κ2) is 13.7. The molecule has 0 aliphatic heterocycles. The molecule has 1 atom stereocenters. The largest absolute Gasteiger partial charge is 0.354 e. The number of unbranched alkanes of at least 4 members (excludes halogenated alkanes) is 2. The standard InChI is InChI=1S/C35H36N4O3/c1-24(40)12-4-2-7-19-31(39-35(42)32-22-26-15-8-9-16-27(26)23-37-32)34(41)36-21-20-29-28-17-10-11-18-30(28)38-33(29)25-13-5-3-6-14-25/h3,5-6,8-11,13-18,22-23,31,38H,2,4,7,12,19-21H2,1H3,(H,36,41)(H,39,42)/t31-/m0/s1. The molecule has 2 aromatic heterocycles. The normalized spacial score (nSPS) is 11.8. The third-order valence-electron chi connectivity index (χ3n) is 7.56. The van der Waals surface area contributed by atoms with E-state index >= 15 is 0 Å². The van der Waals surface area contributed by atoms with E-state index in [4.69, 9.17) is 0 Å². The molecule has 3 aromatic carbocycles. The van der Waals surface area contributed by atoms with E-state index in [0.717, 1.165) is 57.8 Å². The van der Waals surface area contributed by atoms with Crippen LogP contribution >= 0.6 is 0 Å². The van der Waals surface area contributed by atoms with E-state index in [0.29, 0.717) is 25.8 Å². The van der Waals surface area contributed by atoms with E-state index in [1.165, 1.54) is 0 Å². The van der Waals surface area contributed by atoms with Crippen LogP contribution in [-0.2, 0) is 16.0 Å². The zero-order valence-electron chi connectivity index (χ0n) is 23.9. The van der Waals surface area contributed by atoms with Gasteiger partial charge in [-0.3, -0.25) is 14.6 Å². The van der Waals surface area contributed by atoms with Crippen molar-refractivity contribution in [1.82, 2.24) is 20.6 Å². The summed E-state index contributed by atoms with van der Waals surface area (Å²) in [6, 6.07) is 27.1. The van der Waals surface area contributed by atoms with Crippen molar-refractivity contribution < 1.29 is 14.4 Å². The fraction of sp³-hybridized carbons (Fsp3) is 0.257. The summed E-state index contributed by atoms with van der Waals surface area (Å²) in [5.74, 6) is -0.448. The van der Waals surface area contributed by atoms with Crippen LogP contribution in [0.1, 0.15) is 55.1 Å². The Kier molecular flexibility index (Phi) is 9.39. The molecule has 0 aliphatic carbocycles. The topological polar surface area (TPSA) is 104 Å². The molecule has 2 heterocycles. The van der Waals surface area contributed by atoms with Gasteiger partial charge in [-0.05, 0) is 54.8 Å². The van der Waals surface area contributed by atoms with E-state index in [2.05, 4.69) is 44.9 Å². The maximum absolute atomic E-state index is 13.4. The molecule has 42 heavy (non-hydrogen) atoms. The molecule has 0 bridgehead atoms. The molecule has 0 unspecified atom stereocenters. The van der Waals surface area contributed by atoms with Gasteiger partial charge in [0, 0.05) is 41.1 Å². The maximum atomic E-state index is 13.4. The van der Waals surface area contributed by atoms with Crippen molar-refractivity contribution in [2.24, 2.45) is 0 Å². The maximum Gasteiger partial charge on any atom is 0.270 e. The number of carbonyl (C=O) groups is 3. The van der Waals surface area contributed by atoms with Crippen LogP contribution in [-0.4, -0.2) is 40.2 Å². The van der Waals surface area contributed by atoms with Gasteiger partial charge in [-0.15, -0.1) is 0 Å². The highest BCUT2D eigenvalue weighted by atomic mass is 16.2. The number of benzene rings is 3. The molecule has 0 aliphatic rings. The van der Waals surface area contributed by atoms with Crippen molar-refractivity contribution in [3.8, 4) is 11.3 Å². The summed E-state index contributed by atoms with van der Waals surface area (Å²) in [4.78, 5) is 45.8. The quantitative estimate of drug-likeness (QED) is 0.145. The Bertz CT molecular complexity index is 1690. The highest BCUT2D eigenvalue weighted by Gasteiger charge is 2.22. The number of nitrogens with one attached hydrogen (secondary N) is 3. The van der Waals surface area contributed by atoms with Gasteiger partial charge in [-0.2, -0.15) is 0 Å². The molecule has 3 N–H and O–H groups in total. The van der Waals surface area contributed by atoms with Gasteiger partial charge in [0.1, 0.15) is 17.5 Å². The number of aromatic nitrogens is 2. The summed E-state index contributed by atoms with van der Waals surface area (Å²) in [5, 5.41) is 8.98. The Hall–Kier alpha value is -4.78. The number of hydrogen-bond donors (Lipinski definition) is 3. The van der Waals surface area contributed by atoms with Gasteiger partial charge in [0.15, 0.2) is 0 Å². The van der Waals surface area contributed by atoms with Crippen molar-refractivity contribution in [3.63, 3.8) is 0 Å². The lowest BCUT2D eigenvalue weighted by molar-refractivity contribution is -0.123. The lowest BCUT2D eigenvalue weighted by Gasteiger charge is -2.19. The van der Waals surface area contributed by atoms with Crippen molar-refractivity contribution in [2.75, 3.05) is 6.54 Å². The minimum atomic E-state index is -0.709. The number of rotatable bonds is 13. The van der Waals surface area contributed by atoms with Gasteiger partial charge in [-0.1, -0.05) is 85.6 Å². The number of ketones is 1. The van der Waals surface area contributed by atoms with Crippen molar-refractivity contribution >= 4 is 39.3 Å². The zero-order valence-corrected chi connectivity index (χ0v) is 23.9. The number of Topliss-reactive ketones (excluding diaryl/α,β-unsaturated/α-hetero) is 1. The number of fused-ring (bicyclic) bond motifs is 2. The number of para-hydroxylation sites is 1. The first-order chi connectivity index (χ1) is 20.5. The van der Waals surface area contributed by atoms with Crippen LogP contribution in [0.25, 0.3) is 32.9 Å². The summed E-state index contributed by atoms with van der Waals surface area (Å²) in [7, 11) is 0. The number of aromatic amines is 1. The number of H-pyrrole nitrogens is 1. The van der Waals surface area contributed by atoms with E-state index in [1.54, 1.807) is 19.2 Å². The van der Waals surface area contributed by atoms with Crippen molar-refractivity contribution in [3.05, 3.63) is 102 Å². The SMILES string of the molecule is CC(=O)CCCCC[C@H](NC(=O)c1cc2ccccc2cn1)C(=O)NCCc1c(-c2ccccc2)[nH]c2ccccc12. The van der Waals surface area contributed by atoms with Crippen LogP contribution in [0.5, 0.6) is 0 Å². The molecule has 0 saturated carbocycles. The predicted octanol–water partition coefficient (Wildman–Crippen LogP) is 6.38. The second-order valence-corrected chi connectivity index (χ2v) is 10.7. The smallest absolute Gasteiger partial charge is 0.270 e. The fourth-order valence-electron chi connectivity index (χ4n) is 5.35. The van der Waals surface area contributed by atoms with Crippen LogP contribution in [0.4, 0.5) is 0 Å². The minimum absolute atomic E-state index is 0.159. The average molecular weight is 561 g/mol. The Morgan fingerprint density at radius 2 is 1.60 bits per heavy atom. The molecule has 214 valence electrons. The van der Waals surface area contributed by atoms with Crippen LogP contribution in [0, 0.1) is 0 Å². The van der Waals surface area contributed by atoms with Crippen molar-refractivity contribution in [2.45, 2.75) is 51.5 Å². The molecule has 5 rings (SSSR count). The summed E-state index contributed by atoms with van der Waals surface area (Å²) >= 11 is 0. The molecule has 0 saturated heterocycles. The van der Waals surface area contributed by atoms with Gasteiger partial charge < -0.3 is 20.4 Å². The monoisotopic (exact) mass is 560 g/mol. The lowest BCUT2D eigenvalue weighted by Crippen LogP contribution is -2.47. The van der Waals surface area contributed by atoms with Gasteiger partial charge in [0.25, 0.3) is 5.91 Å². The van der Waals surface area contributed by atoms with Crippen LogP contribution in [0.2, 0.25) is 0 Å². The van der Waals surface area contributed by atoms with Crippen LogP contribution < -0.4 is 10.6 Å². The first-order valence-corrected chi connectivity index (χ1v) is 14.6. The Morgan fingerprint density at radius 1 is 0.857 bits per heavy atom. The van der Waals surface area contributed by atoms with Gasteiger partial charge in [0.05, 0.1) is 0 Å². The molecule has 7 nitrogen and oxygen atoms in total.